The number of carboxylic acid groups (broad SMARTS) is 1. The van der Waals surface area contributed by atoms with Crippen LogP contribution in [-0.2, 0) is 27.2 Å². The van der Waals surface area contributed by atoms with Gasteiger partial charge in [0, 0.05) is 37.2 Å². The van der Waals surface area contributed by atoms with Gasteiger partial charge in [-0.25, -0.2) is 9.78 Å². The van der Waals surface area contributed by atoms with Crippen molar-refractivity contribution in [1.29, 1.82) is 0 Å². The minimum Gasteiger partial charge on any atom is -0.480 e. The van der Waals surface area contributed by atoms with Crippen molar-refractivity contribution >= 4 is 29.3 Å². The summed E-state index contributed by atoms with van der Waals surface area (Å²) in [6.07, 6.45) is 6.87. The van der Waals surface area contributed by atoms with E-state index in [0.717, 1.165) is 56.6 Å². The summed E-state index contributed by atoms with van der Waals surface area (Å²) in [5.41, 5.74) is 13.1. The second-order valence-corrected chi connectivity index (χ2v) is 11.7. The largest absolute Gasteiger partial charge is 0.480 e. The molecule has 2 unspecified atom stereocenters. The number of alkyl halides is 1. The topological polar surface area (TPSA) is 156 Å². The van der Waals surface area contributed by atoms with Gasteiger partial charge < -0.3 is 31.9 Å². The monoisotopic (exact) mass is 552 g/mol. The Balaban J connectivity index is 1.41. The van der Waals surface area contributed by atoms with Crippen LogP contribution in [-0.4, -0.2) is 83.8 Å². The molecule has 1 saturated carbocycles. The van der Waals surface area contributed by atoms with Crippen LogP contribution in [0.2, 0.25) is 0 Å². The molecule has 7 N–H and O–H groups in total. The molecule has 3 rings (SSSR count). The van der Waals surface area contributed by atoms with Crippen molar-refractivity contribution in [1.82, 2.24) is 15.2 Å². The summed E-state index contributed by atoms with van der Waals surface area (Å²) in [6, 6.07) is 3.23. The van der Waals surface area contributed by atoms with Gasteiger partial charge >= 0.3 is 5.97 Å². The van der Waals surface area contributed by atoms with Gasteiger partial charge in [0.15, 0.2) is 5.66 Å². The zero-order valence-corrected chi connectivity index (χ0v) is 23.7. The number of aryl methyl sites for hydroxylation is 2. The molecular weight excluding hydrogens is 508 g/mol. The number of ether oxygens (including phenoxy) is 1. The highest BCUT2D eigenvalue weighted by Gasteiger charge is 2.44. The highest BCUT2D eigenvalue weighted by atomic mass is 35.5. The van der Waals surface area contributed by atoms with Gasteiger partial charge in [-0.3, -0.25) is 9.69 Å². The molecule has 0 radical (unpaired) electrons. The maximum absolute atomic E-state index is 13.1. The third-order valence-corrected chi connectivity index (χ3v) is 8.39. The first-order chi connectivity index (χ1) is 18.0. The Labute approximate surface area is 231 Å². The van der Waals surface area contributed by atoms with E-state index in [2.05, 4.69) is 22.8 Å². The van der Waals surface area contributed by atoms with E-state index >= 15 is 0 Å². The van der Waals surface area contributed by atoms with E-state index in [4.69, 9.17) is 32.8 Å². The third-order valence-electron chi connectivity index (χ3n) is 8.04. The van der Waals surface area contributed by atoms with Gasteiger partial charge in [-0.15, -0.1) is 11.6 Å². The van der Waals surface area contributed by atoms with E-state index in [1.54, 1.807) is 19.0 Å². The first kappa shape index (κ1) is 30.6. The van der Waals surface area contributed by atoms with Crippen LogP contribution in [0.1, 0.15) is 56.7 Å². The molecule has 0 aromatic carbocycles. The average Bonchev–Trinajstić information content (AvgIpc) is 2.87. The lowest BCUT2D eigenvalue weighted by atomic mass is 9.79. The van der Waals surface area contributed by atoms with E-state index in [1.807, 2.05) is 6.92 Å². The van der Waals surface area contributed by atoms with Gasteiger partial charge in [0.2, 0.25) is 0 Å². The Morgan fingerprint density at radius 1 is 1.37 bits per heavy atom. The van der Waals surface area contributed by atoms with Crippen LogP contribution in [0.4, 0.5) is 5.82 Å². The second-order valence-electron chi connectivity index (χ2n) is 11.1. The van der Waals surface area contributed by atoms with E-state index in [9.17, 15) is 14.7 Å². The van der Waals surface area contributed by atoms with E-state index in [1.165, 1.54) is 5.56 Å². The smallest absolute Gasteiger partial charge is 0.326 e. The zero-order valence-electron chi connectivity index (χ0n) is 22.9. The van der Waals surface area contributed by atoms with Crippen molar-refractivity contribution in [2.45, 2.75) is 81.5 Å². The summed E-state index contributed by atoms with van der Waals surface area (Å²) in [4.78, 5) is 31.4. The maximum Gasteiger partial charge on any atom is 0.326 e. The second kappa shape index (κ2) is 13.9. The number of nitrogens with two attached hydrogens (primary N) is 2. The maximum atomic E-state index is 13.1. The number of nitrogens with zero attached hydrogens (tertiary/aromatic N) is 2. The molecule has 38 heavy (non-hydrogen) atoms. The molecule has 1 amide bonds. The zero-order chi connectivity index (χ0) is 27.9. The lowest BCUT2D eigenvalue weighted by molar-refractivity contribution is -0.146. The summed E-state index contributed by atoms with van der Waals surface area (Å²) in [7, 11) is 3.37. The fourth-order valence-electron chi connectivity index (χ4n) is 5.32. The summed E-state index contributed by atoms with van der Waals surface area (Å²) >= 11 is 6.19. The predicted molar refractivity (Wildman–Crippen MR) is 149 cm³/mol. The van der Waals surface area contributed by atoms with Gasteiger partial charge in [0.25, 0.3) is 5.91 Å². The van der Waals surface area contributed by atoms with Gasteiger partial charge in [0.1, 0.15) is 11.9 Å². The number of fused-ring (bicyclic) bond motifs is 1. The average molecular weight is 553 g/mol. The van der Waals surface area contributed by atoms with Crippen LogP contribution in [0, 0.1) is 11.8 Å². The molecule has 214 valence electrons. The first-order valence-electron chi connectivity index (χ1n) is 13.7. The molecule has 2 aliphatic rings. The van der Waals surface area contributed by atoms with E-state index < -0.39 is 23.6 Å². The normalized spacial score (nSPS) is 22.8. The van der Waals surface area contributed by atoms with Gasteiger partial charge in [-0.1, -0.05) is 13.0 Å². The molecular formula is C27H45ClN6O4. The number of halogens is 1. The summed E-state index contributed by atoms with van der Waals surface area (Å²) in [6.45, 7) is 3.31. The number of carboxylic acids is 1. The molecule has 11 heteroatoms. The fourth-order valence-corrected chi connectivity index (χ4v) is 5.58. The molecule has 0 spiro atoms. The molecule has 4 atom stereocenters. The lowest BCUT2D eigenvalue weighted by Gasteiger charge is -2.41. The minimum atomic E-state index is -1.43. The number of aliphatic carboxylic acids is 1. The van der Waals surface area contributed by atoms with Crippen LogP contribution >= 0.6 is 11.6 Å². The van der Waals surface area contributed by atoms with Crippen molar-refractivity contribution in [3.8, 4) is 0 Å². The molecule has 1 aromatic heterocycles. The van der Waals surface area contributed by atoms with Crippen molar-refractivity contribution in [2.24, 2.45) is 23.3 Å². The number of likely N-dealkylation sites (N-methyl/N-ethyl adjacent to an activating group) is 1. The SMILES string of the molecule is CC(CC(Cl)CN)[C@](N)(C(=O)N[C@@H](CCOC1CC(CCc2ccc3c(n2)NCCC3)C1)C(=O)O)N(C)C. The molecule has 1 aliphatic carbocycles. The van der Waals surface area contributed by atoms with Gasteiger partial charge in [-0.05, 0) is 82.5 Å². The van der Waals surface area contributed by atoms with Crippen LogP contribution in [0.25, 0.3) is 0 Å². The number of carbonyl (C=O) groups excluding carboxylic acids is 1. The van der Waals surface area contributed by atoms with Crippen LogP contribution in [0.3, 0.4) is 0 Å². The number of pyridine rings is 1. The standard InChI is InChI=1S/C27H45ClN6O4/c1-17(13-20(28)16-29)27(30,34(2)3)26(37)33-23(25(35)36)10-12-38-22-14-18(15-22)6-8-21-9-7-19-5-4-11-31-24(19)32-21/h7,9,17-18,20,22-23H,4-6,8,10-16,29-30H2,1-3H3,(H,31,32)(H,33,37)(H,35,36)/t17?,18?,20?,22?,23-,27+/m0/s1. The Kier molecular flexibility index (Phi) is 11.2. The number of anilines is 1. The highest BCUT2D eigenvalue weighted by Crippen LogP contribution is 2.34. The Bertz CT molecular complexity index is 944. The number of nitrogens with one attached hydrogen (secondary N) is 2. The van der Waals surface area contributed by atoms with Crippen molar-refractivity contribution in [3.63, 3.8) is 0 Å². The Morgan fingerprint density at radius 2 is 2.11 bits per heavy atom. The van der Waals surface area contributed by atoms with Gasteiger partial charge in [-0.2, -0.15) is 0 Å². The predicted octanol–water partition coefficient (Wildman–Crippen LogP) is 1.94. The van der Waals surface area contributed by atoms with Crippen molar-refractivity contribution in [2.75, 3.05) is 39.1 Å². The van der Waals surface area contributed by atoms with E-state index in [-0.39, 0.29) is 37.0 Å². The Morgan fingerprint density at radius 3 is 2.76 bits per heavy atom. The van der Waals surface area contributed by atoms with Gasteiger partial charge in [0.05, 0.1) is 6.10 Å². The number of hydrogen-bond donors (Lipinski definition) is 5. The summed E-state index contributed by atoms with van der Waals surface area (Å²) in [5.74, 6) is -0.410. The first-order valence-corrected chi connectivity index (χ1v) is 14.2. The number of amides is 1. The lowest BCUT2D eigenvalue weighted by Crippen LogP contribution is -2.68. The van der Waals surface area contributed by atoms with Crippen molar-refractivity contribution in [3.05, 3.63) is 23.4 Å². The molecule has 10 nitrogen and oxygen atoms in total. The van der Waals surface area contributed by atoms with E-state index in [0.29, 0.717) is 12.3 Å². The molecule has 1 aliphatic heterocycles. The molecule has 2 heterocycles. The fraction of sp³-hybridized carbons (Fsp3) is 0.741. The van der Waals surface area contributed by atoms with Crippen LogP contribution in [0.5, 0.6) is 0 Å². The molecule has 0 saturated heterocycles. The minimum absolute atomic E-state index is 0.121. The number of hydrogen-bond acceptors (Lipinski definition) is 8. The number of rotatable bonds is 15. The summed E-state index contributed by atoms with van der Waals surface area (Å²) in [5, 5.41) is 15.4. The quantitative estimate of drug-likeness (QED) is 0.162. The third kappa shape index (κ3) is 7.79. The van der Waals surface area contributed by atoms with Crippen molar-refractivity contribution < 1.29 is 19.4 Å². The molecule has 1 fully saturated rings. The van der Waals surface area contributed by atoms with Crippen LogP contribution in [0.15, 0.2) is 12.1 Å². The number of carbonyl (C=O) groups is 2. The molecule has 0 bridgehead atoms. The highest BCUT2D eigenvalue weighted by molar-refractivity contribution is 6.20. The number of aromatic nitrogens is 1. The molecule has 1 aromatic rings. The van der Waals surface area contributed by atoms with Crippen LogP contribution < -0.4 is 22.1 Å². The summed E-state index contributed by atoms with van der Waals surface area (Å²) < 4.78 is 5.93. The Hall–Kier alpha value is -1.98.